The highest BCUT2D eigenvalue weighted by Crippen LogP contribution is 2.22. The molecule has 1 aromatic carbocycles. The number of hydrogen-bond donors (Lipinski definition) is 2. The highest BCUT2D eigenvalue weighted by Gasteiger charge is 2.10. The molecule has 0 fully saturated rings. The van der Waals surface area contributed by atoms with E-state index in [4.69, 9.17) is 9.41 Å². The first-order valence-corrected chi connectivity index (χ1v) is 10.8. The monoisotopic (exact) mass is 525 g/mol. The molecule has 0 amide bonds. The van der Waals surface area contributed by atoms with Crippen LogP contribution in [0.25, 0.3) is 11.3 Å². The van der Waals surface area contributed by atoms with Crippen molar-refractivity contribution in [2.45, 2.75) is 13.0 Å². The molecule has 3 aromatic rings. The predicted molar refractivity (Wildman–Crippen MR) is 132 cm³/mol. The Bertz CT molecular complexity index is 865. The Hall–Kier alpha value is -1.94. The van der Waals surface area contributed by atoms with Crippen LogP contribution in [0.3, 0.4) is 0 Å². The van der Waals surface area contributed by atoms with E-state index >= 15 is 0 Å². The molecule has 0 bridgehead atoms. The van der Waals surface area contributed by atoms with Crippen molar-refractivity contribution >= 4 is 41.7 Å². The van der Waals surface area contributed by atoms with Crippen LogP contribution in [-0.2, 0) is 20.0 Å². The maximum atomic E-state index is 5.40. The van der Waals surface area contributed by atoms with Crippen LogP contribution in [-0.4, -0.2) is 40.8 Å². The SMILES string of the molecule is CSCCNC(=NCc1cn(C)nc1-c1ccccc1)NCCc1ccco1.I. The van der Waals surface area contributed by atoms with Gasteiger partial charge in [-0.25, -0.2) is 4.99 Å². The number of furan rings is 1. The van der Waals surface area contributed by atoms with Gasteiger partial charge in [-0.3, -0.25) is 4.68 Å². The zero-order chi connectivity index (χ0) is 19.6. The Balaban J connectivity index is 0.00000300. The molecule has 0 unspecified atom stereocenters. The van der Waals surface area contributed by atoms with E-state index in [1.165, 1.54) is 0 Å². The van der Waals surface area contributed by atoms with E-state index in [2.05, 4.69) is 34.1 Å². The summed E-state index contributed by atoms with van der Waals surface area (Å²) in [5, 5.41) is 11.4. The van der Waals surface area contributed by atoms with Gasteiger partial charge >= 0.3 is 0 Å². The summed E-state index contributed by atoms with van der Waals surface area (Å²) in [5.74, 6) is 2.80. The quantitative estimate of drug-likeness (QED) is 0.192. The standard InChI is InChI=1S/C21H27N5OS.HI/c1-26-16-18(20(25-26)17-7-4-3-5-8-17)15-24-21(23-12-14-28-2)22-11-10-19-9-6-13-27-19;/h3-9,13,16H,10-12,14-15H2,1-2H3,(H2,22,23,24);1H. The van der Waals surface area contributed by atoms with Gasteiger partial charge in [0.1, 0.15) is 5.76 Å². The highest BCUT2D eigenvalue weighted by atomic mass is 127. The van der Waals surface area contributed by atoms with E-state index in [-0.39, 0.29) is 24.0 Å². The number of aliphatic imine (C=N–C) groups is 1. The first kappa shape index (κ1) is 23.3. The fourth-order valence-corrected chi connectivity index (χ4v) is 3.17. The molecular weight excluding hydrogens is 497 g/mol. The highest BCUT2D eigenvalue weighted by molar-refractivity contribution is 14.0. The lowest BCUT2D eigenvalue weighted by atomic mass is 10.1. The number of aryl methyl sites for hydroxylation is 1. The van der Waals surface area contributed by atoms with E-state index in [0.717, 1.165) is 53.8 Å². The molecular formula is C21H28IN5OS. The first-order chi connectivity index (χ1) is 13.8. The van der Waals surface area contributed by atoms with Gasteiger partial charge in [-0.05, 0) is 18.4 Å². The van der Waals surface area contributed by atoms with Crippen LogP contribution in [0, 0.1) is 0 Å². The minimum Gasteiger partial charge on any atom is -0.469 e. The molecule has 0 aliphatic heterocycles. The van der Waals surface area contributed by atoms with Crippen LogP contribution in [0.15, 0.2) is 64.3 Å². The molecule has 0 aliphatic carbocycles. The van der Waals surface area contributed by atoms with Gasteiger partial charge in [0.2, 0.25) is 0 Å². The van der Waals surface area contributed by atoms with E-state index in [9.17, 15) is 0 Å². The lowest BCUT2D eigenvalue weighted by Gasteiger charge is -2.12. The molecule has 156 valence electrons. The molecule has 8 heteroatoms. The van der Waals surface area contributed by atoms with Crippen LogP contribution in [0.4, 0.5) is 0 Å². The maximum absolute atomic E-state index is 5.40. The summed E-state index contributed by atoms with van der Waals surface area (Å²) >= 11 is 1.81. The third-order valence-corrected chi connectivity index (χ3v) is 4.81. The molecule has 0 aliphatic rings. The average molecular weight is 525 g/mol. The van der Waals surface area contributed by atoms with E-state index < -0.39 is 0 Å². The van der Waals surface area contributed by atoms with Gasteiger partial charge in [0.15, 0.2) is 5.96 Å². The number of benzene rings is 1. The summed E-state index contributed by atoms with van der Waals surface area (Å²) in [4.78, 5) is 4.79. The molecule has 3 rings (SSSR count). The predicted octanol–water partition coefficient (Wildman–Crippen LogP) is 3.94. The minimum atomic E-state index is 0. The fraction of sp³-hybridized carbons (Fsp3) is 0.333. The molecule has 29 heavy (non-hydrogen) atoms. The second-order valence-electron chi connectivity index (χ2n) is 6.38. The molecule has 0 spiro atoms. The zero-order valence-corrected chi connectivity index (χ0v) is 19.9. The van der Waals surface area contributed by atoms with Crippen LogP contribution in [0.2, 0.25) is 0 Å². The number of aromatic nitrogens is 2. The van der Waals surface area contributed by atoms with Crippen molar-refractivity contribution in [3.05, 3.63) is 66.2 Å². The van der Waals surface area contributed by atoms with E-state index in [1.807, 2.05) is 60.0 Å². The Morgan fingerprint density at radius 1 is 1.14 bits per heavy atom. The van der Waals surface area contributed by atoms with Crippen LogP contribution in [0.1, 0.15) is 11.3 Å². The number of hydrogen-bond acceptors (Lipinski definition) is 4. The number of guanidine groups is 1. The number of rotatable bonds is 9. The third kappa shape index (κ3) is 7.43. The minimum absolute atomic E-state index is 0. The lowest BCUT2D eigenvalue weighted by Crippen LogP contribution is -2.39. The van der Waals surface area contributed by atoms with Crippen LogP contribution in [0.5, 0.6) is 0 Å². The van der Waals surface area contributed by atoms with E-state index in [0.29, 0.717) is 6.54 Å². The van der Waals surface area contributed by atoms with Crippen molar-refractivity contribution < 1.29 is 4.42 Å². The summed E-state index contributed by atoms with van der Waals surface area (Å²) in [7, 11) is 1.94. The van der Waals surface area contributed by atoms with Crippen molar-refractivity contribution in [1.82, 2.24) is 20.4 Å². The summed E-state index contributed by atoms with van der Waals surface area (Å²) in [6, 6.07) is 14.1. The number of nitrogens with zero attached hydrogens (tertiary/aromatic N) is 3. The van der Waals surface area contributed by atoms with Gasteiger partial charge in [-0.1, -0.05) is 30.3 Å². The largest absolute Gasteiger partial charge is 0.469 e. The Kier molecular flexibility index (Phi) is 10.1. The lowest BCUT2D eigenvalue weighted by molar-refractivity contribution is 0.507. The van der Waals surface area contributed by atoms with Gasteiger partial charge in [-0.15, -0.1) is 24.0 Å². The average Bonchev–Trinajstić information content (AvgIpc) is 3.36. The Morgan fingerprint density at radius 3 is 2.66 bits per heavy atom. The summed E-state index contributed by atoms with van der Waals surface area (Å²) in [5.41, 5.74) is 3.19. The summed E-state index contributed by atoms with van der Waals surface area (Å²) in [6.07, 6.45) is 6.66. The maximum Gasteiger partial charge on any atom is 0.191 e. The van der Waals surface area contributed by atoms with E-state index in [1.54, 1.807) is 6.26 Å². The second kappa shape index (κ2) is 12.6. The molecule has 0 saturated carbocycles. The number of nitrogens with one attached hydrogen (secondary N) is 2. The molecule has 6 nitrogen and oxygen atoms in total. The summed E-state index contributed by atoms with van der Waals surface area (Å²) in [6.45, 7) is 2.19. The first-order valence-electron chi connectivity index (χ1n) is 9.37. The van der Waals surface area contributed by atoms with Crippen LogP contribution >= 0.6 is 35.7 Å². The van der Waals surface area contributed by atoms with Crippen molar-refractivity contribution in [3.63, 3.8) is 0 Å². The van der Waals surface area contributed by atoms with Gasteiger partial charge in [0, 0.05) is 49.6 Å². The van der Waals surface area contributed by atoms with Crippen molar-refractivity contribution in [1.29, 1.82) is 0 Å². The third-order valence-electron chi connectivity index (χ3n) is 4.20. The normalized spacial score (nSPS) is 11.2. The van der Waals surface area contributed by atoms with Gasteiger partial charge in [0.25, 0.3) is 0 Å². The number of halogens is 1. The molecule has 0 saturated heterocycles. The molecule has 0 atom stereocenters. The van der Waals surface area contributed by atoms with Crippen molar-refractivity contribution in [2.75, 3.05) is 25.1 Å². The molecule has 2 heterocycles. The topological polar surface area (TPSA) is 67.4 Å². The zero-order valence-electron chi connectivity index (χ0n) is 16.8. The smallest absolute Gasteiger partial charge is 0.191 e. The van der Waals surface area contributed by atoms with Gasteiger partial charge in [-0.2, -0.15) is 16.9 Å². The molecule has 0 radical (unpaired) electrons. The molecule has 2 aromatic heterocycles. The van der Waals surface area contributed by atoms with Crippen molar-refractivity contribution in [2.24, 2.45) is 12.0 Å². The number of thioether (sulfide) groups is 1. The Labute approximate surface area is 193 Å². The Morgan fingerprint density at radius 2 is 1.93 bits per heavy atom. The van der Waals surface area contributed by atoms with Gasteiger partial charge in [0.05, 0.1) is 18.5 Å². The molecule has 2 N–H and O–H groups in total. The van der Waals surface area contributed by atoms with Crippen LogP contribution < -0.4 is 10.6 Å². The van der Waals surface area contributed by atoms with Crippen molar-refractivity contribution in [3.8, 4) is 11.3 Å². The second-order valence-corrected chi connectivity index (χ2v) is 7.37. The van der Waals surface area contributed by atoms with Gasteiger partial charge < -0.3 is 15.1 Å². The summed E-state index contributed by atoms with van der Waals surface area (Å²) < 4.78 is 7.24. The fourth-order valence-electron chi connectivity index (χ4n) is 2.86.